The summed E-state index contributed by atoms with van der Waals surface area (Å²) < 4.78 is 5.65. The maximum absolute atomic E-state index is 12.7. The number of aliphatic carboxylic acids is 1. The van der Waals surface area contributed by atoms with E-state index in [1.54, 1.807) is 6.07 Å². The number of hydrogen-bond acceptors (Lipinski definition) is 3. The van der Waals surface area contributed by atoms with Gasteiger partial charge in [-0.25, -0.2) is 4.79 Å². The molecule has 4 rings (SSSR count). The summed E-state index contributed by atoms with van der Waals surface area (Å²) >= 11 is 6.05. The third-order valence-corrected chi connectivity index (χ3v) is 6.38. The molecular weight excluding hydrogens is 438 g/mol. The van der Waals surface area contributed by atoms with Crippen molar-refractivity contribution in [3.63, 3.8) is 0 Å². The lowest BCUT2D eigenvalue weighted by molar-refractivity contribution is -0.137. The Morgan fingerprint density at radius 2 is 1.67 bits per heavy atom. The molecular formula is C27H26ClNO4. The van der Waals surface area contributed by atoms with Gasteiger partial charge in [0.1, 0.15) is 6.61 Å². The second-order valence-electron chi connectivity index (χ2n) is 8.37. The Kier molecular flexibility index (Phi) is 6.99. The SMILES string of the molecule is Cc1cc(Cl)ccc1CC(CCC(=O)O)NC(=O)OCC1c2ccccc2-c2ccccc21. The fourth-order valence-corrected chi connectivity index (χ4v) is 4.71. The maximum atomic E-state index is 12.7. The van der Waals surface area contributed by atoms with Crippen molar-refractivity contribution in [1.29, 1.82) is 0 Å². The van der Waals surface area contributed by atoms with E-state index >= 15 is 0 Å². The molecule has 1 atom stereocenters. The van der Waals surface area contributed by atoms with E-state index in [4.69, 9.17) is 21.4 Å². The first-order chi connectivity index (χ1) is 15.9. The molecule has 5 nitrogen and oxygen atoms in total. The number of carboxylic acid groups (broad SMARTS) is 1. The first-order valence-corrected chi connectivity index (χ1v) is 11.4. The van der Waals surface area contributed by atoms with Crippen molar-refractivity contribution in [3.8, 4) is 11.1 Å². The third kappa shape index (κ3) is 5.37. The summed E-state index contributed by atoms with van der Waals surface area (Å²) in [7, 11) is 0. The van der Waals surface area contributed by atoms with Gasteiger partial charge in [-0.2, -0.15) is 0 Å². The second kappa shape index (κ2) is 10.1. The van der Waals surface area contributed by atoms with Crippen LogP contribution in [0.1, 0.15) is 41.0 Å². The fraction of sp³-hybridized carbons (Fsp3) is 0.259. The number of carbonyl (C=O) groups is 2. The zero-order valence-electron chi connectivity index (χ0n) is 18.4. The Morgan fingerprint density at radius 3 is 2.27 bits per heavy atom. The Morgan fingerprint density at radius 1 is 1.03 bits per heavy atom. The van der Waals surface area contributed by atoms with Crippen LogP contribution in [0.4, 0.5) is 4.79 Å². The number of nitrogens with one attached hydrogen (secondary N) is 1. The van der Waals surface area contributed by atoms with Gasteiger partial charge < -0.3 is 15.2 Å². The Hall–Kier alpha value is -3.31. The number of carboxylic acids is 1. The molecule has 1 unspecified atom stereocenters. The molecule has 3 aromatic rings. The number of halogens is 1. The molecule has 2 N–H and O–H groups in total. The molecule has 1 aliphatic rings. The highest BCUT2D eigenvalue weighted by atomic mass is 35.5. The van der Waals surface area contributed by atoms with Crippen LogP contribution in [0.5, 0.6) is 0 Å². The number of rotatable bonds is 8. The molecule has 6 heteroatoms. The Balaban J connectivity index is 1.44. The fourth-order valence-electron chi connectivity index (χ4n) is 4.48. The summed E-state index contributed by atoms with van der Waals surface area (Å²) in [5, 5.41) is 12.6. The Bertz CT molecular complexity index is 1130. The standard InChI is InChI=1S/C27H26ClNO4/c1-17-14-19(28)11-10-18(17)15-20(12-13-26(30)31)29-27(32)33-16-25-23-8-4-2-6-21(23)22-7-3-5-9-24(22)25/h2-11,14,20,25H,12-13,15-16H2,1H3,(H,29,32)(H,30,31). The van der Waals surface area contributed by atoms with Gasteiger partial charge in [0, 0.05) is 23.4 Å². The lowest BCUT2D eigenvalue weighted by Crippen LogP contribution is -2.38. The molecule has 3 aromatic carbocycles. The zero-order chi connectivity index (χ0) is 23.4. The van der Waals surface area contributed by atoms with Crippen LogP contribution in [-0.4, -0.2) is 29.8 Å². The van der Waals surface area contributed by atoms with Gasteiger partial charge in [0.25, 0.3) is 0 Å². The number of alkyl carbamates (subject to hydrolysis) is 1. The summed E-state index contributed by atoms with van der Waals surface area (Å²) in [5.41, 5.74) is 6.63. The van der Waals surface area contributed by atoms with E-state index in [0.29, 0.717) is 17.9 Å². The molecule has 1 amide bonds. The van der Waals surface area contributed by atoms with E-state index in [-0.39, 0.29) is 25.0 Å². The van der Waals surface area contributed by atoms with E-state index in [2.05, 4.69) is 29.6 Å². The predicted octanol–water partition coefficient (Wildman–Crippen LogP) is 5.96. The number of aryl methyl sites for hydroxylation is 1. The Labute approximate surface area is 198 Å². The van der Waals surface area contributed by atoms with Crippen LogP contribution in [-0.2, 0) is 16.0 Å². The van der Waals surface area contributed by atoms with Crippen LogP contribution in [0.15, 0.2) is 66.7 Å². The highest BCUT2D eigenvalue weighted by Gasteiger charge is 2.29. The lowest BCUT2D eigenvalue weighted by Gasteiger charge is -2.20. The van der Waals surface area contributed by atoms with Gasteiger partial charge in [-0.3, -0.25) is 4.79 Å². The number of ether oxygens (including phenoxy) is 1. The van der Waals surface area contributed by atoms with Gasteiger partial charge in [0.15, 0.2) is 0 Å². The van der Waals surface area contributed by atoms with Crippen LogP contribution >= 0.6 is 11.6 Å². The molecule has 1 aliphatic carbocycles. The first kappa shape index (κ1) is 22.9. The minimum Gasteiger partial charge on any atom is -0.481 e. The normalized spacial score (nSPS) is 13.2. The van der Waals surface area contributed by atoms with Crippen molar-refractivity contribution in [3.05, 3.63) is 94.0 Å². The quantitative estimate of drug-likeness (QED) is 0.432. The van der Waals surface area contributed by atoms with Crippen LogP contribution in [0, 0.1) is 6.92 Å². The van der Waals surface area contributed by atoms with Crippen LogP contribution in [0.3, 0.4) is 0 Å². The van der Waals surface area contributed by atoms with Crippen LogP contribution < -0.4 is 5.32 Å². The molecule has 170 valence electrons. The number of hydrogen-bond donors (Lipinski definition) is 2. The summed E-state index contributed by atoms with van der Waals surface area (Å²) in [6.07, 6.45) is 0.224. The van der Waals surface area contributed by atoms with Crippen molar-refractivity contribution in [2.24, 2.45) is 0 Å². The van der Waals surface area contributed by atoms with Crippen molar-refractivity contribution in [2.45, 2.75) is 38.1 Å². The molecule has 0 saturated heterocycles. The van der Waals surface area contributed by atoms with Gasteiger partial charge in [0.05, 0.1) is 0 Å². The largest absolute Gasteiger partial charge is 0.481 e. The molecule has 0 radical (unpaired) electrons. The van der Waals surface area contributed by atoms with Gasteiger partial charge in [-0.05, 0) is 65.3 Å². The first-order valence-electron chi connectivity index (χ1n) is 11.0. The van der Waals surface area contributed by atoms with Gasteiger partial charge in [-0.1, -0.05) is 66.2 Å². The average Bonchev–Trinajstić information content (AvgIpc) is 3.11. The van der Waals surface area contributed by atoms with E-state index in [1.807, 2.05) is 43.3 Å². The molecule has 0 heterocycles. The van der Waals surface area contributed by atoms with E-state index in [1.165, 1.54) is 11.1 Å². The van der Waals surface area contributed by atoms with Gasteiger partial charge in [0.2, 0.25) is 0 Å². The number of carbonyl (C=O) groups excluding carboxylic acids is 1. The molecule has 0 spiro atoms. The predicted molar refractivity (Wildman–Crippen MR) is 129 cm³/mol. The molecule has 0 fully saturated rings. The van der Waals surface area contributed by atoms with Crippen molar-refractivity contribution in [1.82, 2.24) is 5.32 Å². The summed E-state index contributed by atoms with van der Waals surface area (Å²) in [4.78, 5) is 23.8. The van der Waals surface area contributed by atoms with Crippen LogP contribution in [0.2, 0.25) is 5.02 Å². The monoisotopic (exact) mass is 463 g/mol. The van der Waals surface area contributed by atoms with E-state index in [0.717, 1.165) is 22.3 Å². The number of fused-ring (bicyclic) bond motifs is 3. The van der Waals surface area contributed by atoms with E-state index in [9.17, 15) is 9.59 Å². The number of amides is 1. The van der Waals surface area contributed by atoms with Crippen molar-refractivity contribution < 1.29 is 19.4 Å². The minimum atomic E-state index is -0.901. The highest BCUT2D eigenvalue weighted by molar-refractivity contribution is 6.30. The molecule has 0 saturated carbocycles. The molecule has 0 aromatic heterocycles. The lowest BCUT2D eigenvalue weighted by atomic mass is 9.98. The smallest absolute Gasteiger partial charge is 0.407 e. The molecule has 0 aliphatic heterocycles. The third-order valence-electron chi connectivity index (χ3n) is 6.14. The minimum absolute atomic E-state index is 0.0286. The number of benzene rings is 3. The van der Waals surface area contributed by atoms with Gasteiger partial charge in [-0.15, -0.1) is 0 Å². The van der Waals surface area contributed by atoms with E-state index < -0.39 is 12.1 Å². The van der Waals surface area contributed by atoms with Crippen molar-refractivity contribution in [2.75, 3.05) is 6.61 Å². The molecule has 33 heavy (non-hydrogen) atoms. The topological polar surface area (TPSA) is 75.6 Å². The van der Waals surface area contributed by atoms with Crippen molar-refractivity contribution >= 4 is 23.7 Å². The second-order valence-corrected chi connectivity index (χ2v) is 8.81. The highest BCUT2D eigenvalue weighted by Crippen LogP contribution is 2.44. The molecule has 0 bridgehead atoms. The zero-order valence-corrected chi connectivity index (χ0v) is 19.1. The summed E-state index contributed by atoms with van der Waals surface area (Å²) in [5.74, 6) is -0.929. The maximum Gasteiger partial charge on any atom is 0.407 e. The summed E-state index contributed by atoms with van der Waals surface area (Å²) in [6.45, 7) is 2.16. The van der Waals surface area contributed by atoms with Gasteiger partial charge >= 0.3 is 12.1 Å². The average molecular weight is 464 g/mol. The summed E-state index contributed by atoms with van der Waals surface area (Å²) in [6, 6.07) is 21.5. The van der Waals surface area contributed by atoms with Crippen LogP contribution in [0.25, 0.3) is 11.1 Å².